The van der Waals surface area contributed by atoms with Crippen LogP contribution in [0.5, 0.6) is 0 Å². The lowest BCUT2D eigenvalue weighted by molar-refractivity contribution is 0.533. The molecule has 29 heavy (non-hydrogen) atoms. The van der Waals surface area contributed by atoms with Crippen molar-refractivity contribution in [3.05, 3.63) is 34.6 Å². The minimum atomic E-state index is -0.0426. The van der Waals surface area contributed by atoms with Crippen LogP contribution in [-0.4, -0.2) is 55.5 Å². The molecule has 2 saturated heterocycles. The van der Waals surface area contributed by atoms with Crippen LogP contribution >= 0.6 is 0 Å². The minimum absolute atomic E-state index is 0.0426. The highest BCUT2D eigenvalue weighted by Gasteiger charge is 2.41. The van der Waals surface area contributed by atoms with Crippen molar-refractivity contribution in [2.75, 3.05) is 36.0 Å². The lowest BCUT2D eigenvalue weighted by Gasteiger charge is -2.24. The van der Waals surface area contributed by atoms with Crippen LogP contribution < -0.4 is 15.4 Å². The van der Waals surface area contributed by atoms with Gasteiger partial charge in [0.1, 0.15) is 17.5 Å². The van der Waals surface area contributed by atoms with Gasteiger partial charge in [-0.1, -0.05) is 13.8 Å². The van der Waals surface area contributed by atoms with E-state index in [-0.39, 0.29) is 5.56 Å². The highest BCUT2D eigenvalue weighted by molar-refractivity contribution is 5.74. The van der Waals surface area contributed by atoms with E-state index in [1.807, 2.05) is 7.05 Å². The number of hydrogen-bond donors (Lipinski definition) is 0. The second kappa shape index (κ2) is 6.53. The van der Waals surface area contributed by atoms with Gasteiger partial charge in [0.05, 0.1) is 6.20 Å². The molecular formula is C20H26N8O. The fourth-order valence-corrected chi connectivity index (χ4v) is 4.63. The Hall–Kier alpha value is -2.97. The fourth-order valence-electron chi connectivity index (χ4n) is 4.63. The molecule has 3 aromatic rings. The van der Waals surface area contributed by atoms with Gasteiger partial charge in [-0.05, 0) is 5.92 Å². The summed E-state index contributed by atoms with van der Waals surface area (Å²) in [5.41, 5.74) is 1.68. The molecule has 3 aromatic heterocycles. The van der Waals surface area contributed by atoms with Crippen LogP contribution in [0.3, 0.4) is 0 Å². The summed E-state index contributed by atoms with van der Waals surface area (Å²) in [5, 5.41) is 4.75. The lowest BCUT2D eigenvalue weighted by atomic mass is 10.0. The summed E-state index contributed by atoms with van der Waals surface area (Å²) < 4.78 is 3.32. The third-order valence-corrected chi connectivity index (χ3v) is 6.31. The van der Waals surface area contributed by atoms with Crippen molar-refractivity contribution in [2.45, 2.75) is 19.8 Å². The summed E-state index contributed by atoms with van der Waals surface area (Å²) in [6, 6.07) is 2.12. The third kappa shape index (κ3) is 2.87. The van der Waals surface area contributed by atoms with Crippen molar-refractivity contribution in [1.29, 1.82) is 0 Å². The van der Waals surface area contributed by atoms with E-state index in [1.165, 1.54) is 0 Å². The first-order valence-electron chi connectivity index (χ1n) is 10.1. The van der Waals surface area contributed by atoms with Gasteiger partial charge < -0.3 is 9.80 Å². The molecular weight excluding hydrogens is 368 g/mol. The Balaban J connectivity index is 1.37. The molecule has 0 aromatic carbocycles. The smallest absolute Gasteiger partial charge is 0.265 e. The number of anilines is 2. The van der Waals surface area contributed by atoms with Crippen molar-refractivity contribution in [1.82, 2.24) is 29.3 Å². The first-order valence-corrected chi connectivity index (χ1v) is 10.1. The van der Waals surface area contributed by atoms with E-state index in [1.54, 1.807) is 28.8 Å². The van der Waals surface area contributed by atoms with Crippen molar-refractivity contribution in [2.24, 2.45) is 25.9 Å². The van der Waals surface area contributed by atoms with Crippen LogP contribution in [0.4, 0.5) is 11.8 Å². The second-order valence-electron chi connectivity index (χ2n) is 8.57. The molecule has 9 heteroatoms. The zero-order valence-corrected chi connectivity index (χ0v) is 17.3. The van der Waals surface area contributed by atoms with Crippen LogP contribution in [0.2, 0.25) is 0 Å². The maximum absolute atomic E-state index is 12.7. The Morgan fingerprint density at radius 2 is 1.72 bits per heavy atom. The van der Waals surface area contributed by atoms with Gasteiger partial charge in [0, 0.05) is 63.9 Å². The van der Waals surface area contributed by atoms with Gasteiger partial charge in [0.2, 0.25) is 5.95 Å². The van der Waals surface area contributed by atoms with E-state index in [0.717, 1.165) is 43.6 Å². The zero-order chi connectivity index (χ0) is 20.3. The molecule has 0 bridgehead atoms. The van der Waals surface area contributed by atoms with Crippen LogP contribution in [0.1, 0.15) is 25.5 Å². The average Bonchev–Trinajstić information content (AvgIpc) is 3.38. The number of nitrogens with zero attached hydrogens (tertiary/aromatic N) is 8. The molecule has 0 N–H and O–H groups in total. The number of hydrogen-bond acceptors (Lipinski definition) is 7. The van der Waals surface area contributed by atoms with Gasteiger partial charge in [-0.25, -0.2) is 9.97 Å². The normalized spacial score (nSPS) is 21.6. The van der Waals surface area contributed by atoms with Crippen molar-refractivity contribution in [3.8, 4) is 0 Å². The van der Waals surface area contributed by atoms with E-state index < -0.39 is 0 Å². The fraction of sp³-hybridized carbons (Fsp3) is 0.550. The molecule has 0 radical (unpaired) electrons. The van der Waals surface area contributed by atoms with Crippen molar-refractivity contribution < 1.29 is 0 Å². The minimum Gasteiger partial charge on any atom is -0.356 e. The van der Waals surface area contributed by atoms with E-state index in [9.17, 15) is 4.79 Å². The summed E-state index contributed by atoms with van der Waals surface area (Å²) in [5.74, 6) is 3.21. The molecule has 0 spiro atoms. The Morgan fingerprint density at radius 1 is 1.03 bits per heavy atom. The molecule has 9 nitrogen and oxygen atoms in total. The van der Waals surface area contributed by atoms with Crippen molar-refractivity contribution in [3.63, 3.8) is 0 Å². The summed E-state index contributed by atoms with van der Waals surface area (Å²) in [6.45, 7) is 8.03. The van der Waals surface area contributed by atoms with Gasteiger partial charge in [0.25, 0.3) is 5.56 Å². The van der Waals surface area contributed by atoms with Crippen LogP contribution in [0.25, 0.3) is 11.0 Å². The quantitative estimate of drug-likeness (QED) is 0.659. The highest BCUT2D eigenvalue weighted by atomic mass is 16.1. The highest BCUT2D eigenvalue weighted by Crippen LogP contribution is 2.35. The van der Waals surface area contributed by atoms with Gasteiger partial charge >= 0.3 is 0 Å². The molecule has 0 amide bonds. The molecule has 5 rings (SSSR count). The van der Waals surface area contributed by atoms with E-state index in [4.69, 9.17) is 4.98 Å². The molecule has 2 aliphatic heterocycles. The second-order valence-corrected chi connectivity index (χ2v) is 8.57. The van der Waals surface area contributed by atoms with Gasteiger partial charge in [-0.2, -0.15) is 10.1 Å². The Morgan fingerprint density at radius 3 is 2.41 bits per heavy atom. The number of aryl methyl sites for hydroxylation is 1. The van der Waals surface area contributed by atoms with Gasteiger partial charge in [-0.15, -0.1) is 0 Å². The number of aromatic nitrogens is 6. The summed E-state index contributed by atoms with van der Waals surface area (Å²) in [4.78, 5) is 31.0. The molecule has 2 aliphatic rings. The largest absolute Gasteiger partial charge is 0.356 e. The average molecular weight is 394 g/mol. The molecule has 2 unspecified atom stereocenters. The third-order valence-electron chi connectivity index (χ3n) is 6.31. The maximum atomic E-state index is 12.7. The summed E-state index contributed by atoms with van der Waals surface area (Å²) in [6.07, 6.45) is 3.27. The van der Waals surface area contributed by atoms with Crippen LogP contribution in [0, 0.1) is 11.8 Å². The molecule has 2 fully saturated rings. The van der Waals surface area contributed by atoms with Gasteiger partial charge in [0.15, 0.2) is 5.65 Å². The predicted molar refractivity (Wildman–Crippen MR) is 111 cm³/mol. The van der Waals surface area contributed by atoms with E-state index in [2.05, 4.69) is 44.8 Å². The number of rotatable bonds is 3. The standard InChI is InChI=1S/C20H26N8O/c1-12(2)16-5-17(22-11-21-16)27-7-13-9-28(10-14(13)8-27)20-24-18-15(6-23-26(18)4)19(29)25(20)3/h5-6,11-14H,7-10H2,1-4H3. The first-order chi connectivity index (χ1) is 13.9. The van der Waals surface area contributed by atoms with Crippen LogP contribution in [0.15, 0.2) is 23.4 Å². The SMILES string of the molecule is CC(C)c1cc(N2CC3CN(c4nc5c(cnn5C)c(=O)n4C)CC3C2)ncn1. The lowest BCUT2D eigenvalue weighted by Crippen LogP contribution is -2.33. The number of fused-ring (bicyclic) bond motifs is 2. The Labute approximate surface area is 169 Å². The summed E-state index contributed by atoms with van der Waals surface area (Å²) >= 11 is 0. The Bertz CT molecular complexity index is 1120. The molecule has 0 saturated carbocycles. The monoisotopic (exact) mass is 394 g/mol. The molecule has 5 heterocycles. The molecule has 2 atom stereocenters. The van der Waals surface area contributed by atoms with E-state index >= 15 is 0 Å². The van der Waals surface area contributed by atoms with Crippen molar-refractivity contribution >= 4 is 22.8 Å². The zero-order valence-electron chi connectivity index (χ0n) is 17.3. The predicted octanol–water partition coefficient (Wildman–Crippen LogP) is 1.15. The van der Waals surface area contributed by atoms with Crippen LogP contribution in [-0.2, 0) is 14.1 Å². The molecule has 152 valence electrons. The van der Waals surface area contributed by atoms with E-state index in [0.29, 0.717) is 28.8 Å². The first kappa shape index (κ1) is 18.1. The van der Waals surface area contributed by atoms with Gasteiger partial charge in [-0.3, -0.25) is 14.0 Å². The molecule has 0 aliphatic carbocycles. The Kier molecular flexibility index (Phi) is 4.07. The topological polar surface area (TPSA) is 85.0 Å². The maximum Gasteiger partial charge on any atom is 0.265 e. The summed E-state index contributed by atoms with van der Waals surface area (Å²) in [7, 11) is 3.62.